The van der Waals surface area contributed by atoms with E-state index in [0.717, 1.165) is 0 Å². The van der Waals surface area contributed by atoms with Gasteiger partial charge in [-0.25, -0.2) is 0 Å². The minimum Gasteiger partial charge on any atom is -0.481 e. The average molecular weight is 292 g/mol. The second-order valence-electron chi connectivity index (χ2n) is 5.08. The van der Waals surface area contributed by atoms with Crippen LogP contribution in [0.1, 0.15) is 26.2 Å². The van der Waals surface area contributed by atoms with Gasteiger partial charge in [0.2, 0.25) is 0 Å². The largest absolute Gasteiger partial charge is 0.481 e. The van der Waals surface area contributed by atoms with E-state index in [1.807, 2.05) is 0 Å². The summed E-state index contributed by atoms with van der Waals surface area (Å²) in [5.74, 6) is -1.67. The van der Waals surface area contributed by atoms with Gasteiger partial charge in [-0.3, -0.25) is 9.59 Å². The molecule has 21 heavy (non-hydrogen) atoms. The number of hydrogen-bond acceptors (Lipinski definition) is 3. The van der Waals surface area contributed by atoms with E-state index in [2.05, 4.69) is 26.3 Å². The molecule has 0 amide bonds. The Morgan fingerprint density at radius 3 is 1.81 bits per heavy atom. The summed E-state index contributed by atoms with van der Waals surface area (Å²) >= 11 is 0. The fourth-order valence-corrected chi connectivity index (χ4v) is 2.49. The van der Waals surface area contributed by atoms with E-state index in [9.17, 15) is 14.7 Å². The zero-order chi connectivity index (χ0) is 16.5. The van der Waals surface area contributed by atoms with Crippen LogP contribution >= 0.6 is 0 Å². The maximum Gasteiger partial charge on any atom is 0.313 e. The maximum absolute atomic E-state index is 12.5. The third-order valence-corrected chi connectivity index (χ3v) is 3.79. The quantitative estimate of drug-likeness (QED) is 0.467. The van der Waals surface area contributed by atoms with E-state index in [1.54, 1.807) is 6.92 Å². The highest BCUT2D eigenvalue weighted by Crippen LogP contribution is 2.49. The molecular formula is C17H24O4. The maximum atomic E-state index is 12.5. The number of carboxylic acids is 1. The van der Waals surface area contributed by atoms with E-state index in [0.29, 0.717) is 0 Å². The molecule has 0 rings (SSSR count). The Labute approximate surface area is 126 Å². The van der Waals surface area contributed by atoms with Crippen LogP contribution in [0, 0.1) is 10.8 Å². The second kappa shape index (κ2) is 8.25. The van der Waals surface area contributed by atoms with Crippen molar-refractivity contribution in [1.29, 1.82) is 0 Å². The lowest BCUT2D eigenvalue weighted by Gasteiger charge is -2.42. The highest BCUT2D eigenvalue weighted by atomic mass is 16.5. The summed E-state index contributed by atoms with van der Waals surface area (Å²) in [6.07, 6.45) is 6.40. The second-order valence-corrected chi connectivity index (χ2v) is 5.08. The molecule has 4 heteroatoms. The Bertz CT molecular complexity index is 426. The summed E-state index contributed by atoms with van der Waals surface area (Å²) in [5.41, 5.74) is -2.64. The lowest BCUT2D eigenvalue weighted by atomic mass is 9.59. The number of ether oxygens (including phenoxy) is 1. The van der Waals surface area contributed by atoms with E-state index in [4.69, 9.17) is 4.74 Å². The van der Waals surface area contributed by atoms with Gasteiger partial charge < -0.3 is 9.84 Å². The fourth-order valence-electron chi connectivity index (χ4n) is 2.49. The van der Waals surface area contributed by atoms with Gasteiger partial charge >= 0.3 is 11.9 Å². The molecule has 0 aromatic carbocycles. The molecule has 1 atom stereocenters. The van der Waals surface area contributed by atoms with Crippen molar-refractivity contribution < 1.29 is 19.4 Å². The van der Waals surface area contributed by atoms with E-state index >= 15 is 0 Å². The van der Waals surface area contributed by atoms with Crippen LogP contribution in [0.25, 0.3) is 0 Å². The smallest absolute Gasteiger partial charge is 0.313 e. The van der Waals surface area contributed by atoms with Crippen LogP contribution in [-0.2, 0) is 14.3 Å². The van der Waals surface area contributed by atoms with E-state index < -0.39 is 22.8 Å². The third-order valence-electron chi connectivity index (χ3n) is 3.79. The molecule has 0 aromatic heterocycles. The Hall–Kier alpha value is -2.10. The van der Waals surface area contributed by atoms with Gasteiger partial charge in [0.05, 0.1) is 10.8 Å². The average Bonchev–Trinajstić information content (AvgIpc) is 2.43. The number of aliphatic carboxylic acids is 1. The first-order valence-corrected chi connectivity index (χ1v) is 6.70. The molecule has 116 valence electrons. The van der Waals surface area contributed by atoms with Crippen LogP contribution in [-0.4, -0.2) is 23.7 Å². The summed E-state index contributed by atoms with van der Waals surface area (Å²) in [6, 6.07) is 0. The molecule has 4 nitrogen and oxygen atoms in total. The lowest BCUT2D eigenvalue weighted by Crippen LogP contribution is -2.51. The number of allylic oxidation sites excluding steroid dienone is 3. The molecule has 0 bridgehead atoms. The molecule has 0 heterocycles. The molecule has 0 aromatic rings. The molecule has 0 aliphatic heterocycles. The predicted molar refractivity (Wildman–Crippen MR) is 83.8 cm³/mol. The highest BCUT2D eigenvalue weighted by Gasteiger charge is 2.57. The number of carbonyl (C=O) groups excluding carboxylic acids is 1. The van der Waals surface area contributed by atoms with Crippen LogP contribution in [0.5, 0.6) is 0 Å². The Morgan fingerprint density at radius 2 is 1.48 bits per heavy atom. The Morgan fingerprint density at radius 1 is 1.00 bits per heavy atom. The standard InChI is InChI=1S/C17H24O4/c1-6-10-16(5,15(20)21-13-9-4)17(11-7-2,12-8-3)14(18)19/h6-9H,1-4,10-13H2,5H3,(H,18,19). The summed E-state index contributed by atoms with van der Waals surface area (Å²) in [6.45, 7) is 16.0. The van der Waals surface area contributed by atoms with Crippen molar-refractivity contribution in [2.45, 2.75) is 26.2 Å². The Balaban J connectivity index is 5.99. The van der Waals surface area contributed by atoms with Crippen LogP contribution < -0.4 is 0 Å². The number of hydrogen-bond donors (Lipinski definition) is 1. The van der Waals surface area contributed by atoms with Crippen molar-refractivity contribution >= 4 is 11.9 Å². The molecule has 1 unspecified atom stereocenters. The zero-order valence-corrected chi connectivity index (χ0v) is 12.6. The van der Waals surface area contributed by atoms with Gasteiger partial charge in [-0.2, -0.15) is 0 Å². The van der Waals surface area contributed by atoms with E-state index in [-0.39, 0.29) is 25.9 Å². The minimum atomic E-state index is -1.37. The lowest BCUT2D eigenvalue weighted by molar-refractivity contribution is -0.175. The normalized spacial score (nSPS) is 13.6. The van der Waals surface area contributed by atoms with Gasteiger partial charge in [-0.1, -0.05) is 30.9 Å². The van der Waals surface area contributed by atoms with Crippen molar-refractivity contribution in [3.05, 3.63) is 50.6 Å². The van der Waals surface area contributed by atoms with Crippen molar-refractivity contribution in [2.75, 3.05) is 6.61 Å². The minimum absolute atomic E-state index is 0.0312. The van der Waals surface area contributed by atoms with Gasteiger partial charge in [0.25, 0.3) is 0 Å². The molecule has 0 spiro atoms. The molecule has 0 saturated heterocycles. The van der Waals surface area contributed by atoms with Gasteiger partial charge in [-0.15, -0.1) is 19.7 Å². The summed E-state index contributed by atoms with van der Waals surface area (Å²) in [4.78, 5) is 24.4. The fraction of sp³-hybridized carbons (Fsp3) is 0.412. The van der Waals surface area contributed by atoms with Crippen LogP contribution in [0.15, 0.2) is 50.6 Å². The van der Waals surface area contributed by atoms with E-state index in [1.165, 1.54) is 24.3 Å². The monoisotopic (exact) mass is 292 g/mol. The zero-order valence-electron chi connectivity index (χ0n) is 12.6. The molecule has 0 aliphatic carbocycles. The van der Waals surface area contributed by atoms with Crippen LogP contribution in [0.2, 0.25) is 0 Å². The van der Waals surface area contributed by atoms with Gasteiger partial charge in [0.1, 0.15) is 6.61 Å². The summed E-state index contributed by atoms with van der Waals surface area (Å²) < 4.78 is 5.12. The third kappa shape index (κ3) is 3.72. The van der Waals surface area contributed by atoms with Crippen molar-refractivity contribution in [3.63, 3.8) is 0 Å². The first-order chi connectivity index (χ1) is 9.86. The topological polar surface area (TPSA) is 63.6 Å². The number of carboxylic acid groups (broad SMARTS) is 1. The van der Waals surface area contributed by atoms with Gasteiger partial charge in [0.15, 0.2) is 0 Å². The molecule has 1 N–H and O–H groups in total. The van der Waals surface area contributed by atoms with Gasteiger partial charge in [-0.05, 0) is 26.2 Å². The molecule has 0 aliphatic rings. The molecule has 0 saturated carbocycles. The van der Waals surface area contributed by atoms with Crippen molar-refractivity contribution in [2.24, 2.45) is 10.8 Å². The van der Waals surface area contributed by atoms with Gasteiger partial charge in [0, 0.05) is 0 Å². The summed E-state index contributed by atoms with van der Waals surface area (Å²) in [5, 5.41) is 9.76. The predicted octanol–water partition coefficient (Wildman–Crippen LogP) is 3.52. The highest BCUT2D eigenvalue weighted by molar-refractivity contribution is 5.88. The Kier molecular flexibility index (Phi) is 7.42. The SMILES string of the molecule is C=CCOC(=O)C(C)(CC=C)C(CC=C)(CC=C)C(=O)O. The molecule has 0 radical (unpaired) electrons. The van der Waals surface area contributed by atoms with Crippen LogP contribution in [0.3, 0.4) is 0 Å². The van der Waals surface area contributed by atoms with Crippen molar-refractivity contribution in [1.82, 2.24) is 0 Å². The number of carbonyl (C=O) groups is 2. The van der Waals surface area contributed by atoms with Crippen molar-refractivity contribution in [3.8, 4) is 0 Å². The number of esters is 1. The number of rotatable bonds is 11. The summed E-state index contributed by atoms with van der Waals surface area (Å²) in [7, 11) is 0. The molecule has 0 fully saturated rings. The first-order valence-electron chi connectivity index (χ1n) is 6.70. The molecular weight excluding hydrogens is 268 g/mol. The first kappa shape index (κ1) is 18.9. The van der Waals surface area contributed by atoms with Crippen LogP contribution in [0.4, 0.5) is 0 Å².